The van der Waals surface area contributed by atoms with E-state index in [2.05, 4.69) is 16.0 Å². The van der Waals surface area contributed by atoms with Gasteiger partial charge in [-0.25, -0.2) is 4.79 Å². The average Bonchev–Trinajstić information content (AvgIpc) is 2.67. The molecule has 2 aromatic carbocycles. The molecule has 0 aliphatic carbocycles. The van der Waals surface area contributed by atoms with Crippen molar-refractivity contribution in [2.45, 2.75) is 9.96 Å². The zero-order valence-corrected chi connectivity index (χ0v) is 17.8. The molecule has 2 aromatic rings. The quantitative estimate of drug-likeness (QED) is 0.368. The number of rotatable bonds is 3. The molecule has 3 N–H and O–H groups in total. The Morgan fingerprint density at radius 3 is 2.46 bits per heavy atom. The number of nitrogens with one attached hydrogen (secondary N) is 3. The van der Waals surface area contributed by atoms with Gasteiger partial charge in [0.25, 0.3) is 0 Å². The van der Waals surface area contributed by atoms with Gasteiger partial charge in [-0.3, -0.25) is 0 Å². The monoisotopic (exact) mass is 460 g/mol. The molecule has 0 radical (unpaired) electrons. The van der Waals surface area contributed by atoms with Gasteiger partial charge in [0.05, 0.1) is 13.2 Å². The van der Waals surface area contributed by atoms with Crippen LogP contribution in [0, 0.1) is 0 Å². The lowest BCUT2D eigenvalue weighted by molar-refractivity contribution is 0.0524. The number of morpholine rings is 1. The van der Waals surface area contributed by atoms with Crippen LogP contribution >= 0.6 is 47.0 Å². The van der Waals surface area contributed by atoms with Crippen molar-refractivity contribution in [3.63, 3.8) is 0 Å². The maximum atomic E-state index is 12.4. The Morgan fingerprint density at radius 2 is 1.75 bits per heavy atom. The summed E-state index contributed by atoms with van der Waals surface area (Å²) in [5, 5.41) is 10.9. The van der Waals surface area contributed by atoms with E-state index in [4.69, 9.17) is 51.8 Å². The third kappa shape index (κ3) is 5.52. The number of anilines is 1. The molecule has 1 saturated heterocycles. The minimum Gasteiger partial charge on any atom is -0.378 e. The van der Waals surface area contributed by atoms with Crippen LogP contribution in [0.5, 0.6) is 0 Å². The molecule has 2 amide bonds. The highest BCUT2D eigenvalue weighted by Crippen LogP contribution is 2.29. The molecular weight excluding hydrogens is 443 g/mol. The molecule has 1 atom stereocenters. The third-order valence-electron chi connectivity index (χ3n) is 4.21. The molecule has 0 spiro atoms. The summed E-state index contributed by atoms with van der Waals surface area (Å²) in [5.41, 5.74) is 0.804. The molecule has 1 unspecified atom stereocenters. The number of carbonyl (C=O) groups is 1. The van der Waals surface area contributed by atoms with Crippen LogP contribution < -0.4 is 16.0 Å². The van der Waals surface area contributed by atoms with Crippen LogP contribution in [0.1, 0.15) is 0 Å². The fourth-order valence-electron chi connectivity index (χ4n) is 2.80. The molecule has 0 bridgehead atoms. The molecule has 6 nitrogen and oxygen atoms in total. The van der Waals surface area contributed by atoms with E-state index in [0.29, 0.717) is 26.3 Å². The van der Waals surface area contributed by atoms with Crippen molar-refractivity contribution < 1.29 is 9.53 Å². The van der Waals surface area contributed by atoms with Crippen molar-refractivity contribution in [3.05, 3.63) is 42.5 Å². The molecule has 1 aliphatic rings. The van der Waals surface area contributed by atoms with E-state index >= 15 is 0 Å². The van der Waals surface area contributed by atoms with Crippen LogP contribution in [-0.2, 0) is 4.74 Å². The molecule has 1 fully saturated rings. The van der Waals surface area contributed by atoms with Gasteiger partial charge in [0.2, 0.25) is 3.79 Å². The number of hydrogen-bond donors (Lipinski definition) is 3. The van der Waals surface area contributed by atoms with Crippen LogP contribution in [0.2, 0.25) is 0 Å². The molecule has 0 saturated carbocycles. The number of amides is 2. The zero-order chi connectivity index (χ0) is 20.1. The second kappa shape index (κ2) is 9.33. The lowest BCUT2D eigenvalue weighted by Gasteiger charge is -2.32. The number of carbonyl (C=O) groups excluding carboxylic acids is 1. The molecule has 28 heavy (non-hydrogen) atoms. The summed E-state index contributed by atoms with van der Waals surface area (Å²) in [6.07, 6.45) is -1.03. The Bertz CT molecular complexity index is 851. The lowest BCUT2D eigenvalue weighted by atomic mass is 10.1. The van der Waals surface area contributed by atoms with Crippen molar-refractivity contribution in [2.75, 3.05) is 31.6 Å². The van der Waals surface area contributed by atoms with E-state index in [1.165, 1.54) is 0 Å². The van der Waals surface area contributed by atoms with Gasteiger partial charge in [-0.2, -0.15) is 0 Å². The van der Waals surface area contributed by atoms with Gasteiger partial charge in [0, 0.05) is 24.2 Å². The van der Waals surface area contributed by atoms with E-state index in [9.17, 15) is 4.79 Å². The summed E-state index contributed by atoms with van der Waals surface area (Å²) < 4.78 is 3.43. The maximum absolute atomic E-state index is 12.4. The predicted molar refractivity (Wildman–Crippen MR) is 118 cm³/mol. The Hall–Kier alpha value is -1.51. The summed E-state index contributed by atoms with van der Waals surface area (Å²) in [4.78, 5) is 14.0. The molecule has 150 valence electrons. The highest BCUT2D eigenvalue weighted by atomic mass is 35.6. The average molecular weight is 462 g/mol. The first-order chi connectivity index (χ1) is 13.3. The number of alkyl halides is 3. The summed E-state index contributed by atoms with van der Waals surface area (Å²) >= 11 is 23.5. The minimum atomic E-state index is -1.81. The number of halogens is 3. The van der Waals surface area contributed by atoms with Crippen molar-refractivity contribution in [3.8, 4) is 0 Å². The van der Waals surface area contributed by atoms with Crippen molar-refractivity contribution in [2.24, 2.45) is 0 Å². The van der Waals surface area contributed by atoms with E-state index in [-0.39, 0.29) is 11.1 Å². The van der Waals surface area contributed by atoms with Gasteiger partial charge in [-0.05, 0) is 23.7 Å². The molecular formula is C18H19Cl3N4O2S. The highest BCUT2D eigenvalue weighted by Gasteiger charge is 2.36. The van der Waals surface area contributed by atoms with Gasteiger partial charge in [0.1, 0.15) is 0 Å². The van der Waals surface area contributed by atoms with Crippen molar-refractivity contribution in [1.29, 1.82) is 0 Å². The normalized spacial score (nSPS) is 15.8. The number of urea groups is 1. The van der Waals surface area contributed by atoms with Crippen molar-refractivity contribution >= 4 is 74.6 Å². The highest BCUT2D eigenvalue weighted by molar-refractivity contribution is 7.80. The fraction of sp³-hybridized carbons (Fsp3) is 0.333. The number of ether oxygens (including phenoxy) is 1. The SMILES string of the molecule is O=C(NC(NC(=S)Nc1cccc2ccccc12)C(Cl)(Cl)Cl)N1CCOCC1. The Labute approximate surface area is 183 Å². The van der Waals surface area contributed by atoms with Crippen LogP contribution in [0.3, 0.4) is 0 Å². The van der Waals surface area contributed by atoms with Gasteiger partial charge >= 0.3 is 6.03 Å². The minimum absolute atomic E-state index is 0.218. The summed E-state index contributed by atoms with van der Waals surface area (Å²) in [6.45, 7) is 1.88. The number of benzene rings is 2. The zero-order valence-electron chi connectivity index (χ0n) is 14.8. The molecule has 10 heteroatoms. The summed E-state index contributed by atoms with van der Waals surface area (Å²) in [6, 6.07) is 13.3. The molecule has 3 rings (SSSR count). The van der Waals surface area contributed by atoms with Gasteiger partial charge in [0.15, 0.2) is 11.3 Å². The van der Waals surface area contributed by atoms with Gasteiger partial charge in [-0.1, -0.05) is 71.2 Å². The summed E-state index contributed by atoms with van der Waals surface area (Å²) in [5.74, 6) is 0. The Balaban J connectivity index is 1.68. The second-order valence-electron chi connectivity index (χ2n) is 6.15. The second-order valence-corrected chi connectivity index (χ2v) is 8.93. The van der Waals surface area contributed by atoms with Crippen molar-refractivity contribution in [1.82, 2.24) is 15.5 Å². The first-order valence-electron chi connectivity index (χ1n) is 8.60. The van der Waals surface area contributed by atoms with E-state index < -0.39 is 9.96 Å². The van der Waals surface area contributed by atoms with E-state index in [1.807, 2.05) is 42.5 Å². The third-order valence-corrected chi connectivity index (χ3v) is 5.08. The van der Waals surface area contributed by atoms with Crippen LogP contribution in [0.25, 0.3) is 10.8 Å². The van der Waals surface area contributed by atoms with Crippen LogP contribution in [0.15, 0.2) is 42.5 Å². The molecule has 1 heterocycles. The topological polar surface area (TPSA) is 65.6 Å². The fourth-order valence-corrected chi connectivity index (χ4v) is 3.36. The van der Waals surface area contributed by atoms with Gasteiger partial charge in [-0.15, -0.1) is 0 Å². The largest absolute Gasteiger partial charge is 0.378 e. The lowest BCUT2D eigenvalue weighted by Crippen LogP contribution is -2.59. The van der Waals surface area contributed by atoms with Crippen LogP contribution in [0.4, 0.5) is 10.5 Å². The number of hydrogen-bond acceptors (Lipinski definition) is 3. The molecule has 1 aliphatic heterocycles. The Morgan fingerprint density at radius 1 is 1.07 bits per heavy atom. The smallest absolute Gasteiger partial charge is 0.319 e. The van der Waals surface area contributed by atoms with Crippen LogP contribution in [-0.4, -0.2) is 52.3 Å². The molecule has 0 aromatic heterocycles. The first kappa shape index (κ1) is 21.2. The maximum Gasteiger partial charge on any atom is 0.319 e. The van der Waals surface area contributed by atoms with Gasteiger partial charge < -0.3 is 25.6 Å². The summed E-state index contributed by atoms with van der Waals surface area (Å²) in [7, 11) is 0. The number of thiocarbonyl (C=S) groups is 1. The van der Waals surface area contributed by atoms with E-state index in [0.717, 1.165) is 16.5 Å². The number of nitrogens with zero attached hydrogens (tertiary/aromatic N) is 1. The van der Waals surface area contributed by atoms with E-state index in [1.54, 1.807) is 4.90 Å². The first-order valence-corrected chi connectivity index (χ1v) is 10.1. The Kier molecular flexibility index (Phi) is 7.06. The standard InChI is InChI=1S/C18H19Cl3N4O2S/c19-18(20,21)15(24-17(26)25-8-10-27-11-9-25)23-16(28)22-14-7-3-5-12-4-1-2-6-13(12)14/h1-7,15H,8-11H2,(H,24,26)(H2,22,23,28). The predicted octanol–water partition coefficient (Wildman–Crippen LogP) is 3.86. The number of fused-ring (bicyclic) bond motifs is 1.